The van der Waals surface area contributed by atoms with Gasteiger partial charge < -0.3 is 4.90 Å². The molecule has 20 heavy (non-hydrogen) atoms. The van der Waals surface area contributed by atoms with Crippen LogP contribution >= 0.6 is 0 Å². The van der Waals surface area contributed by atoms with E-state index in [1.807, 2.05) is 0 Å². The molecule has 0 N–H and O–H groups in total. The summed E-state index contributed by atoms with van der Waals surface area (Å²) < 4.78 is 0. The summed E-state index contributed by atoms with van der Waals surface area (Å²) >= 11 is 0. The summed E-state index contributed by atoms with van der Waals surface area (Å²) in [6.07, 6.45) is 14.8. The van der Waals surface area contributed by atoms with Gasteiger partial charge in [-0.1, -0.05) is 59.5 Å². The molecule has 0 aromatic heterocycles. The van der Waals surface area contributed by atoms with Crippen LogP contribution < -0.4 is 0 Å². The second kappa shape index (κ2) is 10.3. The third-order valence-electron chi connectivity index (χ3n) is 4.86. The predicted octanol–water partition coefficient (Wildman–Crippen LogP) is 6.01. The molecule has 0 bridgehead atoms. The lowest BCUT2D eigenvalue weighted by Gasteiger charge is -2.32. The van der Waals surface area contributed by atoms with Crippen LogP contribution in [0.1, 0.15) is 85.5 Å². The van der Waals surface area contributed by atoms with Gasteiger partial charge in [0.2, 0.25) is 0 Å². The van der Waals surface area contributed by atoms with Gasteiger partial charge in [-0.25, -0.2) is 0 Å². The van der Waals surface area contributed by atoms with Crippen molar-refractivity contribution in [2.45, 2.75) is 85.5 Å². The van der Waals surface area contributed by atoms with Crippen LogP contribution in [0.5, 0.6) is 0 Å². The molecule has 1 atom stereocenters. The van der Waals surface area contributed by atoms with Gasteiger partial charge in [-0.3, -0.25) is 0 Å². The summed E-state index contributed by atoms with van der Waals surface area (Å²) in [6, 6.07) is 0. The van der Waals surface area contributed by atoms with Crippen molar-refractivity contribution in [3.05, 3.63) is 11.8 Å². The molecular formula is C19H37N. The first-order valence-electron chi connectivity index (χ1n) is 9.17. The Balaban J connectivity index is 2.69. The van der Waals surface area contributed by atoms with Crippen molar-refractivity contribution >= 4 is 0 Å². The first kappa shape index (κ1) is 17.6. The number of rotatable bonds is 10. The fourth-order valence-corrected chi connectivity index (χ4v) is 3.29. The Hall–Kier alpha value is -0.460. The van der Waals surface area contributed by atoms with Crippen LogP contribution in [0.15, 0.2) is 11.8 Å². The smallest absolute Gasteiger partial charge is 0.0177 e. The highest BCUT2D eigenvalue weighted by molar-refractivity contribution is 5.08. The average Bonchev–Trinajstić information content (AvgIpc) is 2.98. The molecule has 1 fully saturated rings. The lowest BCUT2D eigenvalue weighted by Crippen LogP contribution is -2.29. The Morgan fingerprint density at radius 2 is 1.80 bits per heavy atom. The molecule has 1 saturated carbocycles. The maximum Gasteiger partial charge on any atom is 0.0177 e. The zero-order chi connectivity index (χ0) is 14.8. The second-order valence-corrected chi connectivity index (χ2v) is 6.69. The van der Waals surface area contributed by atoms with Gasteiger partial charge in [0.05, 0.1) is 0 Å². The summed E-state index contributed by atoms with van der Waals surface area (Å²) in [5.74, 6) is 1.73. The fraction of sp³-hybridized carbons (Fsp3) is 0.895. The minimum absolute atomic E-state index is 0.866. The van der Waals surface area contributed by atoms with Gasteiger partial charge in [-0.2, -0.15) is 0 Å². The van der Waals surface area contributed by atoms with Crippen LogP contribution in [0.3, 0.4) is 0 Å². The molecule has 1 unspecified atom stereocenters. The van der Waals surface area contributed by atoms with E-state index in [1.54, 1.807) is 5.70 Å². The fourth-order valence-electron chi connectivity index (χ4n) is 3.29. The molecule has 0 saturated heterocycles. The van der Waals surface area contributed by atoms with Gasteiger partial charge in [-0.15, -0.1) is 0 Å². The molecule has 1 aliphatic rings. The molecule has 118 valence electrons. The van der Waals surface area contributed by atoms with Crippen molar-refractivity contribution in [3.8, 4) is 0 Å². The molecule has 1 rings (SSSR count). The highest BCUT2D eigenvalue weighted by Gasteiger charge is 2.23. The number of hydrogen-bond donors (Lipinski definition) is 0. The molecule has 0 spiro atoms. The highest BCUT2D eigenvalue weighted by Crippen LogP contribution is 2.33. The first-order chi connectivity index (χ1) is 9.72. The zero-order valence-corrected chi connectivity index (χ0v) is 14.5. The summed E-state index contributed by atoms with van der Waals surface area (Å²) in [5.41, 5.74) is 1.70. The summed E-state index contributed by atoms with van der Waals surface area (Å²) in [4.78, 5) is 2.73. The van der Waals surface area contributed by atoms with Crippen LogP contribution in [0, 0.1) is 11.8 Å². The topological polar surface area (TPSA) is 3.24 Å². The molecule has 1 aliphatic carbocycles. The molecular weight excluding hydrogens is 242 g/mol. The van der Waals surface area contributed by atoms with Crippen LogP contribution in [-0.4, -0.2) is 18.0 Å². The summed E-state index contributed by atoms with van der Waals surface area (Å²) in [7, 11) is 0. The normalized spacial score (nSPS) is 18.5. The van der Waals surface area contributed by atoms with Gasteiger partial charge >= 0.3 is 0 Å². The monoisotopic (exact) mass is 279 g/mol. The zero-order valence-electron chi connectivity index (χ0n) is 14.5. The number of hydrogen-bond acceptors (Lipinski definition) is 1. The Labute approximate surface area is 127 Å². The molecule has 0 amide bonds. The second-order valence-electron chi connectivity index (χ2n) is 6.69. The van der Waals surface area contributed by atoms with Gasteiger partial charge in [0, 0.05) is 18.8 Å². The van der Waals surface area contributed by atoms with E-state index in [9.17, 15) is 0 Å². The van der Waals surface area contributed by atoms with Crippen molar-refractivity contribution in [2.24, 2.45) is 11.8 Å². The molecule has 1 heteroatoms. The molecule has 0 aromatic carbocycles. The van der Waals surface area contributed by atoms with E-state index in [4.69, 9.17) is 0 Å². The minimum atomic E-state index is 0.866. The van der Waals surface area contributed by atoms with Crippen molar-refractivity contribution in [2.75, 3.05) is 13.1 Å². The predicted molar refractivity (Wildman–Crippen MR) is 90.9 cm³/mol. The Bertz CT molecular complexity index is 263. The van der Waals surface area contributed by atoms with E-state index in [-0.39, 0.29) is 0 Å². The standard InChI is InChI=1S/C19H37N/c1-5-8-13-19(18-11-9-10-12-18)20(15-6-2)16-14-17(4)7-3/h13,17-18H,5-12,14-16H2,1-4H3/b19-13-. The number of nitrogens with zero attached hydrogens (tertiary/aromatic N) is 1. The Morgan fingerprint density at radius 1 is 1.10 bits per heavy atom. The Kier molecular flexibility index (Phi) is 9.05. The average molecular weight is 280 g/mol. The molecule has 0 radical (unpaired) electrons. The quantitative estimate of drug-likeness (QED) is 0.473. The van der Waals surface area contributed by atoms with E-state index < -0.39 is 0 Å². The van der Waals surface area contributed by atoms with Gasteiger partial charge in [0.15, 0.2) is 0 Å². The van der Waals surface area contributed by atoms with Crippen LogP contribution in [0.4, 0.5) is 0 Å². The lowest BCUT2D eigenvalue weighted by atomic mass is 9.99. The number of allylic oxidation sites excluding steroid dienone is 2. The van der Waals surface area contributed by atoms with Gasteiger partial charge in [-0.05, 0) is 43.9 Å². The van der Waals surface area contributed by atoms with E-state index in [0.29, 0.717) is 0 Å². The lowest BCUT2D eigenvalue weighted by molar-refractivity contribution is 0.277. The van der Waals surface area contributed by atoms with E-state index in [0.717, 1.165) is 11.8 Å². The largest absolute Gasteiger partial charge is 0.375 e. The van der Waals surface area contributed by atoms with E-state index in [2.05, 4.69) is 38.7 Å². The van der Waals surface area contributed by atoms with E-state index >= 15 is 0 Å². The highest BCUT2D eigenvalue weighted by atomic mass is 15.1. The molecule has 1 nitrogen and oxygen atoms in total. The van der Waals surface area contributed by atoms with Crippen LogP contribution in [0.25, 0.3) is 0 Å². The third kappa shape index (κ3) is 5.89. The van der Waals surface area contributed by atoms with Gasteiger partial charge in [0.1, 0.15) is 0 Å². The summed E-state index contributed by atoms with van der Waals surface area (Å²) in [6.45, 7) is 11.9. The Morgan fingerprint density at radius 3 is 2.35 bits per heavy atom. The first-order valence-corrected chi connectivity index (χ1v) is 9.17. The van der Waals surface area contributed by atoms with Crippen molar-refractivity contribution in [1.82, 2.24) is 4.90 Å². The SMILES string of the molecule is CCC/C=C(/C1CCCC1)N(CCC)CCC(C)CC. The van der Waals surface area contributed by atoms with E-state index in [1.165, 1.54) is 70.9 Å². The van der Waals surface area contributed by atoms with Crippen molar-refractivity contribution in [1.29, 1.82) is 0 Å². The number of unbranched alkanes of at least 4 members (excludes halogenated alkanes) is 1. The van der Waals surface area contributed by atoms with Gasteiger partial charge in [0.25, 0.3) is 0 Å². The van der Waals surface area contributed by atoms with Crippen LogP contribution in [0.2, 0.25) is 0 Å². The van der Waals surface area contributed by atoms with Crippen LogP contribution in [-0.2, 0) is 0 Å². The molecule has 0 aliphatic heterocycles. The molecule has 0 heterocycles. The third-order valence-corrected chi connectivity index (χ3v) is 4.86. The maximum atomic E-state index is 2.73. The van der Waals surface area contributed by atoms with Crippen molar-refractivity contribution in [3.63, 3.8) is 0 Å². The summed E-state index contributed by atoms with van der Waals surface area (Å²) in [5, 5.41) is 0. The maximum absolute atomic E-state index is 2.73. The minimum Gasteiger partial charge on any atom is -0.375 e. The van der Waals surface area contributed by atoms with Crippen molar-refractivity contribution < 1.29 is 0 Å². The molecule has 0 aromatic rings.